The maximum atomic E-state index is 12.6. The van der Waals surface area contributed by atoms with Gasteiger partial charge in [-0.3, -0.25) is 9.59 Å². The summed E-state index contributed by atoms with van der Waals surface area (Å²) >= 11 is 0. The topological polar surface area (TPSA) is 55.9 Å². The molecule has 170 valence electrons. The van der Waals surface area contributed by atoms with Crippen LogP contribution in [0.1, 0.15) is 40.7 Å². The molecule has 4 rings (SSSR count). The van der Waals surface area contributed by atoms with Crippen LogP contribution in [0.5, 0.6) is 0 Å². The van der Waals surface area contributed by atoms with Crippen molar-refractivity contribution in [2.24, 2.45) is 0 Å². The van der Waals surface area contributed by atoms with Crippen molar-refractivity contribution in [2.45, 2.75) is 33.1 Å². The quantitative estimate of drug-likeness (QED) is 0.679. The number of amides is 2. The molecule has 2 aliphatic heterocycles. The van der Waals surface area contributed by atoms with Gasteiger partial charge in [0.25, 0.3) is 5.91 Å². The summed E-state index contributed by atoms with van der Waals surface area (Å²) in [6.07, 6.45) is 2.41. The third kappa shape index (κ3) is 5.06. The first kappa shape index (κ1) is 22.2. The van der Waals surface area contributed by atoms with Crippen molar-refractivity contribution in [1.82, 2.24) is 10.2 Å². The van der Waals surface area contributed by atoms with Gasteiger partial charge in [-0.25, -0.2) is 0 Å². The number of likely N-dealkylation sites (tertiary alicyclic amines) is 1. The molecule has 2 aromatic carbocycles. The standard InChI is InChI=1S/C26H34N4O2/c1-20-7-3-4-8-23(20)28-15-17-29(18-16-28)24-11-10-22(19-21(24)2)26(32)27-12-6-14-30-13-5-9-25(30)31/h3-4,7-8,10-11,19H,5-6,9,12-18H2,1-2H3,(H,27,32). The highest BCUT2D eigenvalue weighted by atomic mass is 16.2. The second kappa shape index (κ2) is 10.1. The Bertz CT molecular complexity index is 966. The third-order valence-corrected chi connectivity index (χ3v) is 6.60. The van der Waals surface area contributed by atoms with E-state index in [2.05, 4.69) is 59.3 Å². The van der Waals surface area contributed by atoms with Gasteiger partial charge in [0, 0.05) is 69.2 Å². The zero-order valence-electron chi connectivity index (χ0n) is 19.3. The highest BCUT2D eigenvalue weighted by molar-refractivity contribution is 5.95. The molecule has 6 nitrogen and oxygen atoms in total. The molecule has 0 atom stereocenters. The summed E-state index contributed by atoms with van der Waals surface area (Å²) in [5.74, 6) is 0.194. The molecular formula is C26H34N4O2. The Morgan fingerprint density at radius 3 is 2.22 bits per heavy atom. The molecule has 0 spiro atoms. The van der Waals surface area contributed by atoms with E-state index in [9.17, 15) is 9.59 Å². The van der Waals surface area contributed by atoms with Gasteiger partial charge in [0.15, 0.2) is 0 Å². The number of carbonyl (C=O) groups excluding carboxylic acids is 2. The molecule has 2 aromatic rings. The first-order valence-corrected chi connectivity index (χ1v) is 11.7. The van der Waals surface area contributed by atoms with Crippen LogP contribution in [0.15, 0.2) is 42.5 Å². The van der Waals surface area contributed by atoms with Crippen LogP contribution in [0.2, 0.25) is 0 Å². The van der Waals surface area contributed by atoms with Crippen LogP contribution in [0, 0.1) is 13.8 Å². The minimum atomic E-state index is -0.0447. The number of nitrogens with zero attached hydrogens (tertiary/aromatic N) is 3. The fourth-order valence-corrected chi connectivity index (χ4v) is 4.77. The molecule has 2 saturated heterocycles. The van der Waals surface area contributed by atoms with Gasteiger partial charge < -0.3 is 20.0 Å². The van der Waals surface area contributed by atoms with Gasteiger partial charge in [0.05, 0.1) is 0 Å². The van der Waals surface area contributed by atoms with Gasteiger partial charge in [0.2, 0.25) is 5.91 Å². The number of para-hydroxylation sites is 1. The molecule has 2 fully saturated rings. The van der Waals surface area contributed by atoms with Crippen LogP contribution in [0.25, 0.3) is 0 Å². The fourth-order valence-electron chi connectivity index (χ4n) is 4.77. The van der Waals surface area contributed by atoms with Gasteiger partial charge in [0.1, 0.15) is 0 Å². The van der Waals surface area contributed by atoms with E-state index in [1.165, 1.54) is 16.9 Å². The van der Waals surface area contributed by atoms with Crippen molar-refractivity contribution in [2.75, 3.05) is 55.6 Å². The molecular weight excluding hydrogens is 400 g/mol. The maximum Gasteiger partial charge on any atom is 0.251 e. The van der Waals surface area contributed by atoms with Crippen molar-refractivity contribution in [3.05, 3.63) is 59.2 Å². The summed E-state index contributed by atoms with van der Waals surface area (Å²) in [6, 6.07) is 14.6. The van der Waals surface area contributed by atoms with Crippen LogP contribution in [-0.2, 0) is 4.79 Å². The Balaban J connectivity index is 1.28. The number of nitrogens with one attached hydrogen (secondary N) is 1. The SMILES string of the molecule is Cc1ccccc1N1CCN(c2ccc(C(=O)NCCCN3CCCC3=O)cc2C)CC1. The average Bonchev–Trinajstić information content (AvgIpc) is 3.21. The molecule has 1 N–H and O–H groups in total. The van der Waals surface area contributed by atoms with Crippen molar-refractivity contribution >= 4 is 23.2 Å². The lowest BCUT2D eigenvalue weighted by atomic mass is 10.1. The average molecular weight is 435 g/mol. The zero-order valence-corrected chi connectivity index (χ0v) is 19.3. The number of aryl methyl sites for hydroxylation is 2. The zero-order chi connectivity index (χ0) is 22.5. The predicted octanol–water partition coefficient (Wildman–Crippen LogP) is 3.37. The molecule has 0 aromatic heterocycles. The number of rotatable bonds is 7. The Kier molecular flexibility index (Phi) is 6.98. The van der Waals surface area contributed by atoms with Crippen molar-refractivity contribution in [1.29, 1.82) is 0 Å². The molecule has 0 radical (unpaired) electrons. The Morgan fingerprint density at radius 1 is 0.906 bits per heavy atom. The lowest BCUT2D eigenvalue weighted by Crippen LogP contribution is -2.47. The molecule has 0 bridgehead atoms. The molecule has 2 aliphatic rings. The second-order valence-electron chi connectivity index (χ2n) is 8.86. The van der Waals surface area contributed by atoms with Gasteiger partial charge in [-0.15, -0.1) is 0 Å². The number of anilines is 2. The maximum absolute atomic E-state index is 12.6. The molecule has 2 heterocycles. The summed E-state index contributed by atoms with van der Waals surface area (Å²) in [6.45, 7) is 10.3. The Labute approximate surface area is 191 Å². The third-order valence-electron chi connectivity index (χ3n) is 6.60. The predicted molar refractivity (Wildman–Crippen MR) is 130 cm³/mol. The number of hydrogen-bond donors (Lipinski definition) is 1. The summed E-state index contributed by atoms with van der Waals surface area (Å²) in [5, 5.41) is 3.00. The van der Waals surface area contributed by atoms with Crippen LogP contribution in [0.3, 0.4) is 0 Å². The summed E-state index contributed by atoms with van der Waals surface area (Å²) in [4.78, 5) is 31.0. The van der Waals surface area contributed by atoms with Crippen molar-refractivity contribution in [3.63, 3.8) is 0 Å². The van der Waals surface area contributed by atoms with E-state index < -0.39 is 0 Å². The van der Waals surface area contributed by atoms with Crippen LogP contribution in [-0.4, -0.2) is 62.5 Å². The largest absolute Gasteiger partial charge is 0.368 e. The van der Waals surface area contributed by atoms with E-state index in [4.69, 9.17) is 0 Å². The van der Waals surface area contributed by atoms with Gasteiger partial charge in [-0.1, -0.05) is 18.2 Å². The Morgan fingerprint density at radius 2 is 1.59 bits per heavy atom. The van der Waals surface area contributed by atoms with E-state index >= 15 is 0 Å². The minimum absolute atomic E-state index is 0.0447. The molecule has 32 heavy (non-hydrogen) atoms. The number of benzene rings is 2. The summed E-state index contributed by atoms with van der Waals surface area (Å²) < 4.78 is 0. The van der Waals surface area contributed by atoms with E-state index in [1.807, 2.05) is 17.0 Å². The van der Waals surface area contributed by atoms with Crippen LogP contribution >= 0.6 is 0 Å². The Hall–Kier alpha value is -3.02. The first-order valence-electron chi connectivity index (χ1n) is 11.7. The molecule has 0 saturated carbocycles. The van der Waals surface area contributed by atoms with Gasteiger partial charge >= 0.3 is 0 Å². The van der Waals surface area contributed by atoms with Crippen LogP contribution in [0.4, 0.5) is 11.4 Å². The highest BCUT2D eigenvalue weighted by Crippen LogP contribution is 2.26. The van der Waals surface area contributed by atoms with Crippen molar-refractivity contribution < 1.29 is 9.59 Å². The molecule has 0 aliphatic carbocycles. The van der Waals surface area contributed by atoms with Crippen LogP contribution < -0.4 is 15.1 Å². The highest BCUT2D eigenvalue weighted by Gasteiger charge is 2.21. The van der Waals surface area contributed by atoms with E-state index in [0.717, 1.165) is 57.7 Å². The molecule has 2 amide bonds. The van der Waals surface area contributed by atoms with E-state index in [1.54, 1.807) is 0 Å². The number of hydrogen-bond acceptors (Lipinski definition) is 4. The smallest absolute Gasteiger partial charge is 0.251 e. The normalized spacial score (nSPS) is 16.6. The fraction of sp³-hybridized carbons (Fsp3) is 0.462. The van der Waals surface area contributed by atoms with Gasteiger partial charge in [-0.2, -0.15) is 0 Å². The molecule has 0 unspecified atom stereocenters. The molecule has 6 heteroatoms. The minimum Gasteiger partial charge on any atom is -0.368 e. The first-order chi connectivity index (χ1) is 15.5. The summed E-state index contributed by atoms with van der Waals surface area (Å²) in [7, 11) is 0. The lowest BCUT2D eigenvalue weighted by Gasteiger charge is -2.38. The lowest BCUT2D eigenvalue weighted by molar-refractivity contribution is -0.127. The van der Waals surface area contributed by atoms with Gasteiger partial charge in [-0.05, 0) is 62.1 Å². The summed E-state index contributed by atoms with van der Waals surface area (Å²) in [5.41, 5.74) is 5.68. The second-order valence-corrected chi connectivity index (χ2v) is 8.86. The number of carbonyl (C=O) groups is 2. The van der Waals surface area contributed by atoms with Crippen molar-refractivity contribution in [3.8, 4) is 0 Å². The van der Waals surface area contributed by atoms with E-state index in [0.29, 0.717) is 18.5 Å². The monoisotopic (exact) mass is 434 g/mol. The van der Waals surface area contributed by atoms with E-state index in [-0.39, 0.29) is 11.8 Å². The number of piperazine rings is 1.